The highest BCUT2D eigenvalue weighted by atomic mass is 16.6. The zero-order chi connectivity index (χ0) is 21.4. The number of amides is 1. The molecule has 1 heterocycles. The first-order chi connectivity index (χ1) is 15.0. The van der Waals surface area contributed by atoms with Gasteiger partial charge in [0, 0.05) is 11.6 Å². The van der Waals surface area contributed by atoms with Crippen LogP contribution in [0.4, 0.5) is 0 Å². The number of methoxy groups -OCH3 is 1. The average Bonchev–Trinajstić information content (AvgIpc) is 2.74. The number of fused-ring (bicyclic) bond motifs is 1. The third-order valence-electron chi connectivity index (χ3n) is 7.05. The van der Waals surface area contributed by atoms with Crippen molar-refractivity contribution in [3.05, 3.63) is 23.8 Å². The smallest absolute Gasteiger partial charge is 0.331 e. The minimum absolute atomic E-state index is 0.0736. The standard InChI is InChI=1S/C24H29NO6/c1-28-19-9-15(10-20-23(19)30-5-4-29-20)2-3-22(27)31-14-21(26)25-24-11-16-6-17(12-24)8-18(7-16)13-24/h2-3,9-10,16-18H,4-8,11-14H2,1H3,(H,25,26)/b3-2+. The number of nitrogens with one attached hydrogen (secondary N) is 1. The van der Waals surface area contributed by atoms with Crippen LogP contribution in [0.1, 0.15) is 44.1 Å². The van der Waals surface area contributed by atoms with Crippen molar-refractivity contribution in [3.8, 4) is 17.2 Å². The molecule has 4 saturated carbocycles. The third kappa shape index (κ3) is 4.23. The lowest BCUT2D eigenvalue weighted by atomic mass is 9.53. The normalized spacial score (nSPS) is 30.3. The van der Waals surface area contributed by atoms with Crippen molar-refractivity contribution in [1.82, 2.24) is 5.32 Å². The highest BCUT2D eigenvalue weighted by Crippen LogP contribution is 2.55. The molecule has 0 radical (unpaired) electrons. The second kappa shape index (κ2) is 8.09. The molecule has 166 valence electrons. The van der Waals surface area contributed by atoms with Crippen LogP contribution in [0.5, 0.6) is 17.2 Å². The monoisotopic (exact) mass is 427 g/mol. The summed E-state index contributed by atoms with van der Waals surface area (Å²) in [5.74, 6) is 3.17. The molecule has 0 unspecified atom stereocenters. The Labute approximate surface area is 182 Å². The van der Waals surface area contributed by atoms with E-state index in [2.05, 4.69) is 5.32 Å². The van der Waals surface area contributed by atoms with Crippen LogP contribution in [0.15, 0.2) is 18.2 Å². The Balaban J connectivity index is 1.15. The van der Waals surface area contributed by atoms with Gasteiger partial charge in [-0.2, -0.15) is 0 Å². The molecule has 31 heavy (non-hydrogen) atoms. The van der Waals surface area contributed by atoms with Gasteiger partial charge < -0.3 is 24.3 Å². The second-order valence-electron chi connectivity index (χ2n) is 9.43. The fourth-order valence-corrected chi connectivity index (χ4v) is 6.33. The quantitative estimate of drug-likeness (QED) is 0.555. The van der Waals surface area contributed by atoms with Gasteiger partial charge in [-0.1, -0.05) is 0 Å². The van der Waals surface area contributed by atoms with Crippen molar-refractivity contribution in [3.63, 3.8) is 0 Å². The molecule has 1 N–H and O–H groups in total. The Morgan fingerprint density at radius 3 is 2.45 bits per heavy atom. The fourth-order valence-electron chi connectivity index (χ4n) is 6.33. The summed E-state index contributed by atoms with van der Waals surface area (Å²) in [4.78, 5) is 24.6. The van der Waals surface area contributed by atoms with Gasteiger partial charge >= 0.3 is 5.97 Å². The van der Waals surface area contributed by atoms with E-state index in [9.17, 15) is 9.59 Å². The van der Waals surface area contributed by atoms with Crippen LogP contribution in [-0.2, 0) is 14.3 Å². The molecule has 1 amide bonds. The number of hydrogen-bond acceptors (Lipinski definition) is 6. The van der Waals surface area contributed by atoms with Crippen molar-refractivity contribution >= 4 is 18.0 Å². The molecule has 4 fully saturated rings. The number of carbonyl (C=O) groups excluding carboxylic acids is 2. The van der Waals surface area contributed by atoms with Crippen LogP contribution in [0.25, 0.3) is 6.08 Å². The van der Waals surface area contributed by atoms with Crippen LogP contribution >= 0.6 is 0 Å². The molecule has 7 heteroatoms. The number of hydrogen-bond donors (Lipinski definition) is 1. The van der Waals surface area contributed by atoms with Gasteiger partial charge in [0.25, 0.3) is 5.91 Å². The number of ether oxygens (including phenoxy) is 4. The first kappa shape index (κ1) is 20.2. The lowest BCUT2D eigenvalue weighted by Gasteiger charge is -2.56. The van der Waals surface area contributed by atoms with Gasteiger partial charge in [-0.05, 0) is 80.1 Å². The largest absolute Gasteiger partial charge is 0.493 e. The van der Waals surface area contributed by atoms with E-state index in [1.165, 1.54) is 25.3 Å². The first-order valence-corrected chi connectivity index (χ1v) is 11.2. The summed E-state index contributed by atoms with van der Waals surface area (Å²) in [5, 5.41) is 3.22. The minimum atomic E-state index is -0.561. The Hall–Kier alpha value is -2.70. The summed E-state index contributed by atoms with van der Waals surface area (Å²) >= 11 is 0. The van der Waals surface area contributed by atoms with E-state index in [-0.39, 0.29) is 18.1 Å². The summed E-state index contributed by atoms with van der Waals surface area (Å²) < 4.78 is 21.7. The summed E-state index contributed by atoms with van der Waals surface area (Å²) in [7, 11) is 1.55. The Morgan fingerprint density at radius 2 is 1.77 bits per heavy atom. The van der Waals surface area contributed by atoms with Gasteiger partial charge in [-0.25, -0.2) is 4.79 Å². The molecule has 1 aliphatic heterocycles. The van der Waals surface area contributed by atoms with E-state index in [0.717, 1.165) is 42.6 Å². The third-order valence-corrected chi connectivity index (χ3v) is 7.05. The van der Waals surface area contributed by atoms with Crippen LogP contribution < -0.4 is 19.5 Å². The molecule has 4 bridgehead atoms. The van der Waals surface area contributed by atoms with Gasteiger partial charge in [-0.15, -0.1) is 0 Å². The van der Waals surface area contributed by atoms with Crippen molar-refractivity contribution in [2.75, 3.05) is 26.9 Å². The Morgan fingerprint density at radius 1 is 1.10 bits per heavy atom. The minimum Gasteiger partial charge on any atom is -0.493 e. The Kier molecular flexibility index (Phi) is 5.28. The average molecular weight is 427 g/mol. The number of benzene rings is 1. The number of esters is 1. The highest BCUT2D eigenvalue weighted by Gasteiger charge is 2.51. The Bertz CT molecular complexity index is 855. The molecule has 1 aromatic rings. The second-order valence-corrected chi connectivity index (χ2v) is 9.43. The predicted molar refractivity (Wildman–Crippen MR) is 113 cm³/mol. The lowest BCUT2D eigenvalue weighted by Crippen LogP contribution is -2.60. The summed E-state index contributed by atoms with van der Waals surface area (Å²) in [6, 6.07) is 3.54. The lowest BCUT2D eigenvalue weighted by molar-refractivity contribution is -0.145. The van der Waals surface area contributed by atoms with E-state index in [0.29, 0.717) is 30.5 Å². The topological polar surface area (TPSA) is 83.1 Å². The van der Waals surface area contributed by atoms with Crippen LogP contribution in [-0.4, -0.2) is 44.3 Å². The van der Waals surface area contributed by atoms with Gasteiger partial charge in [0.15, 0.2) is 18.1 Å². The molecule has 0 saturated heterocycles. The number of carbonyl (C=O) groups is 2. The van der Waals surface area contributed by atoms with Gasteiger partial charge in [-0.3, -0.25) is 4.79 Å². The first-order valence-electron chi connectivity index (χ1n) is 11.2. The zero-order valence-corrected chi connectivity index (χ0v) is 17.9. The van der Waals surface area contributed by atoms with Crippen LogP contribution in [0.3, 0.4) is 0 Å². The number of rotatable bonds is 6. The maximum absolute atomic E-state index is 12.5. The van der Waals surface area contributed by atoms with Crippen molar-refractivity contribution in [2.45, 2.75) is 44.1 Å². The van der Waals surface area contributed by atoms with Crippen molar-refractivity contribution < 1.29 is 28.5 Å². The molecular weight excluding hydrogens is 398 g/mol. The highest BCUT2D eigenvalue weighted by molar-refractivity contribution is 5.89. The molecule has 6 rings (SSSR count). The van der Waals surface area contributed by atoms with E-state index in [1.807, 2.05) is 0 Å². The predicted octanol–water partition coefficient (Wildman–Crippen LogP) is 3.11. The van der Waals surface area contributed by atoms with Gasteiger partial charge in [0.1, 0.15) is 13.2 Å². The molecule has 1 aromatic carbocycles. The molecule has 0 atom stereocenters. The van der Waals surface area contributed by atoms with E-state index >= 15 is 0 Å². The molecule has 7 nitrogen and oxygen atoms in total. The maximum Gasteiger partial charge on any atom is 0.331 e. The zero-order valence-electron chi connectivity index (χ0n) is 17.9. The molecule has 5 aliphatic rings. The van der Waals surface area contributed by atoms with Crippen LogP contribution in [0.2, 0.25) is 0 Å². The summed E-state index contributed by atoms with van der Waals surface area (Å²) in [5.41, 5.74) is 0.645. The molecule has 0 aromatic heterocycles. The summed E-state index contributed by atoms with van der Waals surface area (Å²) in [6.07, 6.45) is 10.1. The van der Waals surface area contributed by atoms with E-state index < -0.39 is 5.97 Å². The molecule has 4 aliphatic carbocycles. The van der Waals surface area contributed by atoms with Crippen LogP contribution in [0, 0.1) is 17.8 Å². The van der Waals surface area contributed by atoms with E-state index in [1.54, 1.807) is 25.3 Å². The van der Waals surface area contributed by atoms with Crippen molar-refractivity contribution in [1.29, 1.82) is 0 Å². The maximum atomic E-state index is 12.5. The molecule has 0 spiro atoms. The SMILES string of the molecule is COc1cc(/C=C/C(=O)OCC(=O)NC23CC4CC(CC(C4)C2)C3)cc2c1OCCO2. The van der Waals surface area contributed by atoms with Gasteiger partial charge in [0.05, 0.1) is 7.11 Å². The van der Waals surface area contributed by atoms with E-state index in [4.69, 9.17) is 18.9 Å². The summed E-state index contributed by atoms with van der Waals surface area (Å²) in [6.45, 7) is 0.676. The molecular formula is C24H29NO6. The van der Waals surface area contributed by atoms with Gasteiger partial charge in [0.2, 0.25) is 5.75 Å². The van der Waals surface area contributed by atoms with Crippen molar-refractivity contribution in [2.24, 2.45) is 17.8 Å². The fraction of sp³-hybridized carbons (Fsp3) is 0.583.